The second-order valence-corrected chi connectivity index (χ2v) is 6.77. The van der Waals surface area contributed by atoms with Gasteiger partial charge in [-0.15, -0.1) is 0 Å². The van der Waals surface area contributed by atoms with E-state index in [2.05, 4.69) is 0 Å². The molecule has 1 aromatic rings. The van der Waals surface area contributed by atoms with Crippen molar-refractivity contribution in [2.75, 3.05) is 13.1 Å². The number of amides is 2. The van der Waals surface area contributed by atoms with Crippen molar-refractivity contribution in [3.05, 3.63) is 35.6 Å². The second kappa shape index (κ2) is 6.30. The van der Waals surface area contributed by atoms with Crippen molar-refractivity contribution >= 4 is 11.8 Å². The zero-order valence-corrected chi connectivity index (χ0v) is 13.3. The van der Waals surface area contributed by atoms with E-state index in [1.165, 1.54) is 12.1 Å². The molecule has 1 aromatic carbocycles. The molecule has 4 nitrogen and oxygen atoms in total. The van der Waals surface area contributed by atoms with E-state index in [1.807, 2.05) is 11.0 Å². The Balaban J connectivity index is 1.82. The van der Waals surface area contributed by atoms with Crippen molar-refractivity contribution in [3.63, 3.8) is 0 Å². The van der Waals surface area contributed by atoms with E-state index in [0.29, 0.717) is 25.9 Å². The molecule has 23 heavy (non-hydrogen) atoms. The summed E-state index contributed by atoms with van der Waals surface area (Å²) in [5, 5.41) is 0. The summed E-state index contributed by atoms with van der Waals surface area (Å²) in [7, 11) is 0. The Hall–Kier alpha value is -1.91. The summed E-state index contributed by atoms with van der Waals surface area (Å²) in [4.78, 5) is 26.3. The molecular formula is C18H23FN2O2. The largest absolute Gasteiger partial charge is 0.369 e. The van der Waals surface area contributed by atoms with Gasteiger partial charge in [-0.2, -0.15) is 0 Å². The maximum atomic E-state index is 13.7. The highest BCUT2D eigenvalue weighted by molar-refractivity contribution is 5.89. The Labute approximate surface area is 135 Å². The van der Waals surface area contributed by atoms with E-state index in [-0.39, 0.29) is 23.5 Å². The van der Waals surface area contributed by atoms with Crippen molar-refractivity contribution in [3.8, 4) is 0 Å². The third kappa shape index (κ3) is 2.96. The number of rotatable bonds is 3. The molecule has 0 unspecified atom stereocenters. The molecule has 2 N–H and O–H groups in total. The summed E-state index contributed by atoms with van der Waals surface area (Å²) in [6, 6.07) is 6.45. The van der Waals surface area contributed by atoms with Gasteiger partial charge in [-0.1, -0.05) is 25.0 Å². The highest BCUT2D eigenvalue weighted by Crippen LogP contribution is 2.43. The molecule has 2 amide bonds. The van der Waals surface area contributed by atoms with Gasteiger partial charge in [-0.05, 0) is 43.4 Å². The molecule has 1 saturated carbocycles. The molecule has 124 valence electrons. The van der Waals surface area contributed by atoms with E-state index in [0.717, 1.165) is 31.2 Å². The molecule has 0 atom stereocenters. The lowest BCUT2D eigenvalue weighted by Crippen LogP contribution is -2.49. The number of carbonyl (C=O) groups excluding carboxylic acids is 2. The maximum absolute atomic E-state index is 13.7. The zero-order chi connectivity index (χ0) is 16.4. The van der Waals surface area contributed by atoms with Gasteiger partial charge in [-0.25, -0.2) is 4.39 Å². The number of primary amides is 1. The van der Waals surface area contributed by atoms with Gasteiger partial charge in [0.05, 0.1) is 5.41 Å². The van der Waals surface area contributed by atoms with Crippen LogP contribution < -0.4 is 5.73 Å². The lowest BCUT2D eigenvalue weighted by atomic mass is 9.77. The fourth-order valence-corrected chi connectivity index (χ4v) is 4.06. The minimum atomic E-state index is -0.596. The minimum absolute atomic E-state index is 0.0866. The fraction of sp³-hybridized carbons (Fsp3) is 0.556. The van der Waals surface area contributed by atoms with Crippen molar-refractivity contribution < 1.29 is 14.0 Å². The number of carbonyl (C=O) groups is 2. The van der Waals surface area contributed by atoms with Gasteiger partial charge in [-0.3, -0.25) is 9.59 Å². The average Bonchev–Trinajstić information content (AvgIpc) is 3.05. The summed E-state index contributed by atoms with van der Waals surface area (Å²) in [5.74, 6) is -0.622. The highest BCUT2D eigenvalue weighted by Gasteiger charge is 2.45. The Bertz CT molecular complexity index is 603. The van der Waals surface area contributed by atoms with Crippen molar-refractivity contribution in [2.24, 2.45) is 11.7 Å². The molecule has 1 saturated heterocycles. The molecule has 5 heteroatoms. The number of piperidine rings is 1. The van der Waals surface area contributed by atoms with Gasteiger partial charge in [0.1, 0.15) is 5.82 Å². The van der Waals surface area contributed by atoms with Crippen LogP contribution in [0.2, 0.25) is 0 Å². The normalized spacial score (nSPS) is 21.3. The van der Waals surface area contributed by atoms with Crippen LogP contribution in [0.25, 0.3) is 0 Å². The van der Waals surface area contributed by atoms with Crippen LogP contribution in [0.5, 0.6) is 0 Å². The predicted octanol–water partition coefficient (Wildman–Crippen LogP) is 2.36. The SMILES string of the molecule is NC(=O)C1CCN(C(=O)C2(c3cccc(F)c3)CCCC2)CC1. The van der Waals surface area contributed by atoms with E-state index >= 15 is 0 Å². The maximum Gasteiger partial charge on any atom is 0.233 e. The lowest BCUT2D eigenvalue weighted by Gasteiger charge is -2.38. The monoisotopic (exact) mass is 318 g/mol. The Kier molecular flexibility index (Phi) is 4.37. The molecule has 0 radical (unpaired) electrons. The van der Waals surface area contributed by atoms with Crippen LogP contribution >= 0.6 is 0 Å². The van der Waals surface area contributed by atoms with Gasteiger partial charge in [0.25, 0.3) is 0 Å². The quantitative estimate of drug-likeness (QED) is 0.930. The van der Waals surface area contributed by atoms with Crippen LogP contribution in [-0.4, -0.2) is 29.8 Å². The van der Waals surface area contributed by atoms with Crippen LogP contribution in [-0.2, 0) is 15.0 Å². The van der Waals surface area contributed by atoms with Gasteiger partial charge in [0.2, 0.25) is 11.8 Å². The van der Waals surface area contributed by atoms with Crippen LogP contribution in [0.3, 0.4) is 0 Å². The summed E-state index contributed by atoms with van der Waals surface area (Å²) >= 11 is 0. The minimum Gasteiger partial charge on any atom is -0.369 e. The topological polar surface area (TPSA) is 63.4 Å². The number of hydrogen-bond acceptors (Lipinski definition) is 2. The van der Waals surface area contributed by atoms with Crippen molar-refractivity contribution in [1.82, 2.24) is 4.90 Å². The van der Waals surface area contributed by atoms with E-state index < -0.39 is 5.41 Å². The first-order valence-corrected chi connectivity index (χ1v) is 8.38. The smallest absolute Gasteiger partial charge is 0.233 e. The second-order valence-electron chi connectivity index (χ2n) is 6.77. The van der Waals surface area contributed by atoms with Gasteiger partial charge < -0.3 is 10.6 Å². The summed E-state index contributed by atoms with van der Waals surface area (Å²) in [5.41, 5.74) is 5.55. The number of nitrogens with two attached hydrogens (primary N) is 1. The van der Waals surface area contributed by atoms with Gasteiger partial charge in [0.15, 0.2) is 0 Å². The van der Waals surface area contributed by atoms with E-state index in [1.54, 1.807) is 6.07 Å². The molecular weight excluding hydrogens is 295 g/mol. The van der Waals surface area contributed by atoms with E-state index in [9.17, 15) is 14.0 Å². The van der Waals surface area contributed by atoms with Crippen LogP contribution in [0.1, 0.15) is 44.1 Å². The summed E-state index contributed by atoms with van der Waals surface area (Å²) in [6.07, 6.45) is 4.76. The molecule has 0 aromatic heterocycles. The van der Waals surface area contributed by atoms with Crippen molar-refractivity contribution in [2.45, 2.75) is 43.9 Å². The first-order valence-electron chi connectivity index (χ1n) is 8.38. The molecule has 3 rings (SSSR count). The fourth-order valence-electron chi connectivity index (χ4n) is 4.06. The molecule has 0 bridgehead atoms. The number of benzene rings is 1. The van der Waals surface area contributed by atoms with Gasteiger partial charge in [0, 0.05) is 19.0 Å². The number of hydrogen-bond donors (Lipinski definition) is 1. The summed E-state index contributed by atoms with van der Waals surface area (Å²) < 4.78 is 13.7. The van der Waals surface area contributed by atoms with E-state index in [4.69, 9.17) is 5.73 Å². The highest BCUT2D eigenvalue weighted by atomic mass is 19.1. The van der Waals surface area contributed by atoms with Crippen molar-refractivity contribution in [1.29, 1.82) is 0 Å². The average molecular weight is 318 g/mol. The first-order chi connectivity index (χ1) is 11.0. The lowest BCUT2D eigenvalue weighted by molar-refractivity contribution is -0.140. The number of halogens is 1. The molecule has 0 spiro atoms. The molecule has 1 aliphatic heterocycles. The van der Waals surface area contributed by atoms with Crippen LogP contribution in [0.4, 0.5) is 4.39 Å². The molecule has 1 aliphatic carbocycles. The van der Waals surface area contributed by atoms with Crippen LogP contribution in [0, 0.1) is 11.7 Å². The summed E-state index contributed by atoms with van der Waals surface area (Å²) in [6.45, 7) is 1.12. The molecule has 2 aliphatic rings. The Morgan fingerprint density at radius 3 is 2.39 bits per heavy atom. The Morgan fingerprint density at radius 1 is 1.17 bits per heavy atom. The third-order valence-electron chi connectivity index (χ3n) is 5.43. The predicted molar refractivity (Wildman–Crippen MR) is 85.0 cm³/mol. The number of nitrogens with zero attached hydrogens (tertiary/aromatic N) is 1. The first kappa shape index (κ1) is 16.0. The number of likely N-dealkylation sites (tertiary alicyclic amines) is 1. The molecule has 1 heterocycles. The van der Waals surface area contributed by atoms with Crippen LogP contribution in [0.15, 0.2) is 24.3 Å². The molecule has 2 fully saturated rings. The standard InChI is InChI=1S/C18H23FN2O2/c19-15-5-3-4-14(12-15)18(8-1-2-9-18)17(23)21-10-6-13(7-11-21)16(20)22/h3-5,12-13H,1-2,6-11H2,(H2,20,22). The third-order valence-corrected chi connectivity index (χ3v) is 5.43. The van der Waals surface area contributed by atoms with Gasteiger partial charge >= 0.3 is 0 Å². The zero-order valence-electron chi connectivity index (χ0n) is 13.3. The Morgan fingerprint density at radius 2 is 1.83 bits per heavy atom.